The highest BCUT2D eigenvalue weighted by molar-refractivity contribution is 5.77. The molecule has 2 aliphatic heterocycles. The summed E-state index contributed by atoms with van der Waals surface area (Å²) in [5, 5.41) is 0. The fraction of sp³-hybridized carbons (Fsp3) is 0.667. The standard InChI is InChI=1S/C15H20N4O/c20-14(6-11-2-3-11)18-7-12-9-19(10-13(12)8-18)15-16-4-1-5-17-15/h1,4-5,11-13H,2-3,6-10H2/t12-,13+. The Balaban J connectivity index is 1.36. The lowest BCUT2D eigenvalue weighted by Crippen LogP contribution is -2.33. The minimum atomic E-state index is 0.379. The van der Waals surface area contributed by atoms with Gasteiger partial charge < -0.3 is 9.80 Å². The molecular weight excluding hydrogens is 252 g/mol. The maximum atomic E-state index is 12.2. The van der Waals surface area contributed by atoms with E-state index >= 15 is 0 Å². The molecule has 0 aromatic carbocycles. The quantitative estimate of drug-likeness (QED) is 0.829. The van der Waals surface area contributed by atoms with Crippen molar-refractivity contribution < 1.29 is 4.79 Å². The summed E-state index contributed by atoms with van der Waals surface area (Å²) in [5.41, 5.74) is 0. The van der Waals surface area contributed by atoms with Gasteiger partial charge in [-0.2, -0.15) is 0 Å². The number of aromatic nitrogens is 2. The zero-order valence-electron chi connectivity index (χ0n) is 11.6. The molecule has 4 rings (SSSR count). The maximum Gasteiger partial charge on any atom is 0.225 e. The van der Waals surface area contributed by atoms with Crippen molar-refractivity contribution in [2.45, 2.75) is 19.3 Å². The van der Waals surface area contributed by atoms with Crippen molar-refractivity contribution in [3.63, 3.8) is 0 Å². The molecule has 0 bridgehead atoms. The van der Waals surface area contributed by atoms with Crippen molar-refractivity contribution in [2.24, 2.45) is 17.8 Å². The summed E-state index contributed by atoms with van der Waals surface area (Å²) in [5.74, 6) is 3.10. The summed E-state index contributed by atoms with van der Waals surface area (Å²) in [6.45, 7) is 3.84. The first-order chi connectivity index (χ1) is 9.79. The van der Waals surface area contributed by atoms with Crippen molar-refractivity contribution >= 4 is 11.9 Å². The molecule has 5 heteroatoms. The predicted octanol–water partition coefficient (Wildman–Crippen LogP) is 1.17. The molecule has 0 spiro atoms. The van der Waals surface area contributed by atoms with E-state index in [0.717, 1.165) is 38.5 Å². The Bertz CT molecular complexity index is 488. The first-order valence-electron chi connectivity index (χ1n) is 7.59. The van der Waals surface area contributed by atoms with Crippen LogP contribution in [0.5, 0.6) is 0 Å². The van der Waals surface area contributed by atoms with E-state index in [-0.39, 0.29) is 0 Å². The van der Waals surface area contributed by atoms with Gasteiger partial charge in [0, 0.05) is 56.8 Å². The van der Waals surface area contributed by atoms with Crippen LogP contribution in [-0.4, -0.2) is 47.0 Å². The molecule has 1 aromatic heterocycles. The number of nitrogens with zero attached hydrogens (tertiary/aromatic N) is 4. The van der Waals surface area contributed by atoms with E-state index in [1.807, 2.05) is 6.07 Å². The molecule has 2 atom stereocenters. The summed E-state index contributed by atoms with van der Waals surface area (Å²) < 4.78 is 0. The van der Waals surface area contributed by atoms with Crippen LogP contribution in [0.15, 0.2) is 18.5 Å². The summed E-state index contributed by atoms with van der Waals surface area (Å²) >= 11 is 0. The number of rotatable bonds is 3. The van der Waals surface area contributed by atoms with E-state index in [2.05, 4.69) is 19.8 Å². The molecule has 1 aliphatic carbocycles. The largest absolute Gasteiger partial charge is 0.342 e. The summed E-state index contributed by atoms with van der Waals surface area (Å²) in [6.07, 6.45) is 6.88. The monoisotopic (exact) mass is 272 g/mol. The van der Waals surface area contributed by atoms with Gasteiger partial charge in [0.1, 0.15) is 0 Å². The topological polar surface area (TPSA) is 49.3 Å². The Hall–Kier alpha value is -1.65. The minimum Gasteiger partial charge on any atom is -0.342 e. The number of hydrogen-bond donors (Lipinski definition) is 0. The van der Waals surface area contributed by atoms with Crippen LogP contribution >= 0.6 is 0 Å². The predicted molar refractivity (Wildman–Crippen MR) is 75.1 cm³/mol. The van der Waals surface area contributed by atoms with Crippen LogP contribution in [0.25, 0.3) is 0 Å². The van der Waals surface area contributed by atoms with Gasteiger partial charge in [0.2, 0.25) is 11.9 Å². The van der Waals surface area contributed by atoms with Crippen molar-refractivity contribution in [2.75, 3.05) is 31.1 Å². The summed E-state index contributed by atoms with van der Waals surface area (Å²) in [6, 6.07) is 1.85. The Morgan fingerprint density at radius 3 is 2.35 bits per heavy atom. The van der Waals surface area contributed by atoms with Gasteiger partial charge in [0.25, 0.3) is 0 Å². The fourth-order valence-electron chi connectivity index (χ4n) is 3.51. The van der Waals surface area contributed by atoms with Gasteiger partial charge in [-0.15, -0.1) is 0 Å². The average Bonchev–Trinajstić information content (AvgIpc) is 3.04. The third-order valence-electron chi connectivity index (χ3n) is 4.83. The molecule has 106 valence electrons. The smallest absolute Gasteiger partial charge is 0.225 e. The zero-order valence-corrected chi connectivity index (χ0v) is 11.6. The molecule has 5 nitrogen and oxygen atoms in total. The maximum absolute atomic E-state index is 12.2. The van der Waals surface area contributed by atoms with Crippen molar-refractivity contribution in [1.82, 2.24) is 14.9 Å². The van der Waals surface area contributed by atoms with Crippen LogP contribution in [-0.2, 0) is 4.79 Å². The highest BCUT2D eigenvalue weighted by atomic mass is 16.2. The Labute approximate surface area is 119 Å². The third kappa shape index (κ3) is 2.25. The second-order valence-corrected chi connectivity index (χ2v) is 6.42. The van der Waals surface area contributed by atoms with E-state index in [0.29, 0.717) is 23.7 Å². The van der Waals surface area contributed by atoms with E-state index in [4.69, 9.17) is 0 Å². The molecule has 1 saturated carbocycles. The van der Waals surface area contributed by atoms with Crippen LogP contribution in [0.3, 0.4) is 0 Å². The van der Waals surface area contributed by atoms with Crippen LogP contribution in [0, 0.1) is 17.8 Å². The SMILES string of the molecule is O=C(CC1CC1)N1C[C@@H]2CN(c3ncccn3)C[C@@H]2C1. The first kappa shape index (κ1) is 12.1. The van der Waals surface area contributed by atoms with E-state index in [1.54, 1.807) is 12.4 Å². The number of carbonyl (C=O) groups is 1. The number of anilines is 1. The van der Waals surface area contributed by atoms with Gasteiger partial charge in [-0.25, -0.2) is 9.97 Å². The van der Waals surface area contributed by atoms with E-state index < -0.39 is 0 Å². The molecule has 1 aromatic rings. The Kier molecular flexibility index (Phi) is 2.86. The molecule has 3 heterocycles. The number of hydrogen-bond acceptors (Lipinski definition) is 4. The molecule has 0 radical (unpaired) electrons. The first-order valence-corrected chi connectivity index (χ1v) is 7.59. The fourth-order valence-corrected chi connectivity index (χ4v) is 3.51. The average molecular weight is 272 g/mol. The van der Waals surface area contributed by atoms with Crippen LogP contribution < -0.4 is 4.90 Å². The lowest BCUT2D eigenvalue weighted by atomic mass is 10.0. The number of fused-ring (bicyclic) bond motifs is 1. The second-order valence-electron chi connectivity index (χ2n) is 6.42. The van der Waals surface area contributed by atoms with Crippen molar-refractivity contribution in [3.05, 3.63) is 18.5 Å². The van der Waals surface area contributed by atoms with Crippen molar-refractivity contribution in [3.8, 4) is 0 Å². The third-order valence-corrected chi connectivity index (χ3v) is 4.83. The normalized spacial score (nSPS) is 28.8. The lowest BCUT2D eigenvalue weighted by molar-refractivity contribution is -0.130. The molecule has 0 unspecified atom stereocenters. The second kappa shape index (κ2) is 4.72. The summed E-state index contributed by atoms with van der Waals surface area (Å²) in [4.78, 5) is 25.2. The number of carbonyl (C=O) groups excluding carboxylic acids is 1. The van der Waals surface area contributed by atoms with Gasteiger partial charge in [0.05, 0.1) is 0 Å². The highest BCUT2D eigenvalue weighted by Gasteiger charge is 2.42. The van der Waals surface area contributed by atoms with Crippen LogP contribution in [0.2, 0.25) is 0 Å². The van der Waals surface area contributed by atoms with Gasteiger partial charge in [-0.3, -0.25) is 4.79 Å². The molecule has 2 saturated heterocycles. The Morgan fingerprint density at radius 1 is 1.10 bits per heavy atom. The Morgan fingerprint density at radius 2 is 1.75 bits per heavy atom. The zero-order chi connectivity index (χ0) is 13.5. The number of likely N-dealkylation sites (tertiary alicyclic amines) is 1. The van der Waals surface area contributed by atoms with Crippen molar-refractivity contribution in [1.29, 1.82) is 0 Å². The molecule has 3 fully saturated rings. The number of amides is 1. The van der Waals surface area contributed by atoms with Gasteiger partial charge in [-0.1, -0.05) is 0 Å². The minimum absolute atomic E-state index is 0.379. The molecular formula is C15H20N4O. The molecule has 0 N–H and O–H groups in total. The van der Waals surface area contributed by atoms with E-state index in [9.17, 15) is 4.79 Å². The van der Waals surface area contributed by atoms with Gasteiger partial charge in [0.15, 0.2) is 0 Å². The highest BCUT2D eigenvalue weighted by Crippen LogP contribution is 2.36. The molecule has 1 amide bonds. The molecule has 3 aliphatic rings. The molecule has 20 heavy (non-hydrogen) atoms. The lowest BCUT2D eigenvalue weighted by Gasteiger charge is -2.21. The summed E-state index contributed by atoms with van der Waals surface area (Å²) in [7, 11) is 0. The van der Waals surface area contributed by atoms with Crippen LogP contribution in [0.4, 0.5) is 5.95 Å². The van der Waals surface area contributed by atoms with E-state index in [1.165, 1.54) is 12.8 Å². The van der Waals surface area contributed by atoms with Gasteiger partial charge >= 0.3 is 0 Å². The van der Waals surface area contributed by atoms with Crippen LogP contribution in [0.1, 0.15) is 19.3 Å². The van der Waals surface area contributed by atoms with Gasteiger partial charge in [-0.05, 0) is 24.8 Å².